The fourth-order valence-corrected chi connectivity index (χ4v) is 2.97. The first kappa shape index (κ1) is 22.2. The average Bonchev–Trinajstić information content (AvgIpc) is 2.80. The number of carbonyl (C=O) groups is 2. The monoisotopic (exact) mass is 480 g/mol. The number of halogens is 1. The number of esters is 1. The predicted octanol–water partition coefficient (Wildman–Crippen LogP) is 5.22. The van der Waals surface area contributed by atoms with Gasteiger partial charge in [0.25, 0.3) is 5.91 Å². The van der Waals surface area contributed by atoms with Crippen LogP contribution < -0.4 is 14.9 Å². The normalized spacial score (nSPS) is 10.6. The summed E-state index contributed by atoms with van der Waals surface area (Å²) in [5.41, 5.74) is 3.88. The first-order valence-electron chi connectivity index (χ1n) is 9.70. The van der Waals surface area contributed by atoms with Crippen LogP contribution in [0.15, 0.2) is 82.4 Å². The third-order valence-corrected chi connectivity index (χ3v) is 4.64. The minimum absolute atomic E-state index is 0.317. The topological polar surface area (TPSA) is 77.0 Å². The number of carbonyl (C=O) groups excluding carboxylic acids is 2. The highest BCUT2D eigenvalue weighted by Crippen LogP contribution is 2.23. The molecular formula is C24H21BrN2O4. The number of benzene rings is 3. The van der Waals surface area contributed by atoms with Gasteiger partial charge in [-0.2, -0.15) is 5.10 Å². The van der Waals surface area contributed by atoms with Crippen molar-refractivity contribution in [1.29, 1.82) is 0 Å². The Hall–Kier alpha value is -3.45. The summed E-state index contributed by atoms with van der Waals surface area (Å²) in [6, 6.07) is 20.7. The molecule has 0 radical (unpaired) electrons. The number of nitrogens with zero attached hydrogens (tertiary/aromatic N) is 1. The molecule has 0 bridgehead atoms. The highest BCUT2D eigenvalue weighted by Gasteiger charge is 2.12. The third-order valence-electron chi connectivity index (χ3n) is 4.14. The average molecular weight is 481 g/mol. The molecule has 0 unspecified atom stereocenters. The van der Waals surface area contributed by atoms with E-state index in [1.54, 1.807) is 66.7 Å². The van der Waals surface area contributed by atoms with Gasteiger partial charge in [-0.3, -0.25) is 4.79 Å². The molecule has 0 saturated carbocycles. The van der Waals surface area contributed by atoms with Gasteiger partial charge in [0, 0.05) is 15.6 Å². The van der Waals surface area contributed by atoms with E-state index >= 15 is 0 Å². The second kappa shape index (κ2) is 11.1. The maximum atomic E-state index is 12.6. The maximum Gasteiger partial charge on any atom is 0.343 e. The third kappa shape index (κ3) is 6.52. The van der Waals surface area contributed by atoms with E-state index in [9.17, 15) is 9.59 Å². The van der Waals surface area contributed by atoms with E-state index < -0.39 is 5.97 Å². The number of ether oxygens (including phenoxy) is 2. The van der Waals surface area contributed by atoms with Crippen LogP contribution in [0.5, 0.6) is 11.5 Å². The summed E-state index contributed by atoms with van der Waals surface area (Å²) in [6.07, 6.45) is 2.33. The Morgan fingerprint density at radius 3 is 2.45 bits per heavy atom. The van der Waals surface area contributed by atoms with Crippen LogP contribution in [0.3, 0.4) is 0 Å². The van der Waals surface area contributed by atoms with Crippen molar-refractivity contribution in [3.63, 3.8) is 0 Å². The Morgan fingerprint density at radius 1 is 1.00 bits per heavy atom. The number of hydrogen-bond acceptors (Lipinski definition) is 5. The van der Waals surface area contributed by atoms with Gasteiger partial charge in [0.1, 0.15) is 11.5 Å². The molecular weight excluding hydrogens is 460 g/mol. The van der Waals surface area contributed by atoms with Crippen molar-refractivity contribution in [2.24, 2.45) is 5.10 Å². The van der Waals surface area contributed by atoms with E-state index in [1.165, 1.54) is 6.21 Å². The highest BCUT2D eigenvalue weighted by atomic mass is 79.9. The predicted molar refractivity (Wildman–Crippen MR) is 123 cm³/mol. The van der Waals surface area contributed by atoms with E-state index in [1.807, 2.05) is 13.0 Å². The second-order valence-corrected chi connectivity index (χ2v) is 7.43. The van der Waals surface area contributed by atoms with Crippen molar-refractivity contribution in [3.05, 3.63) is 94.0 Å². The number of hydrazone groups is 1. The molecule has 3 aromatic carbocycles. The standard InChI is InChI=1S/C24H21BrN2O4/c1-2-14-30-21-11-8-18(9-12-21)24(29)31-22-13-10-20(25)15-19(22)16-26-27-23(28)17-6-4-3-5-7-17/h3-13,15-16H,2,14H2,1H3,(H,27,28)/b26-16+. The van der Waals surface area contributed by atoms with Crippen LogP contribution in [0.25, 0.3) is 0 Å². The van der Waals surface area contributed by atoms with Crippen LogP contribution in [0.2, 0.25) is 0 Å². The van der Waals surface area contributed by atoms with Crippen molar-refractivity contribution in [2.45, 2.75) is 13.3 Å². The molecule has 1 amide bonds. The number of hydrogen-bond donors (Lipinski definition) is 1. The minimum atomic E-state index is -0.507. The van der Waals surface area contributed by atoms with E-state index in [0.717, 1.165) is 10.9 Å². The number of nitrogens with one attached hydrogen (secondary N) is 1. The highest BCUT2D eigenvalue weighted by molar-refractivity contribution is 9.10. The fourth-order valence-electron chi connectivity index (χ4n) is 2.59. The van der Waals surface area contributed by atoms with Crippen molar-refractivity contribution in [2.75, 3.05) is 6.61 Å². The summed E-state index contributed by atoms with van der Waals surface area (Å²) in [4.78, 5) is 24.7. The molecule has 0 atom stereocenters. The molecule has 6 nitrogen and oxygen atoms in total. The molecule has 0 aromatic heterocycles. The van der Waals surface area contributed by atoms with Crippen molar-refractivity contribution in [3.8, 4) is 11.5 Å². The summed E-state index contributed by atoms with van der Waals surface area (Å²) in [5.74, 6) is 0.171. The van der Waals surface area contributed by atoms with Gasteiger partial charge in [0.15, 0.2) is 0 Å². The Kier molecular flexibility index (Phi) is 7.95. The minimum Gasteiger partial charge on any atom is -0.494 e. The lowest BCUT2D eigenvalue weighted by molar-refractivity contribution is 0.0734. The molecule has 3 aromatic rings. The van der Waals surface area contributed by atoms with E-state index in [-0.39, 0.29) is 5.91 Å². The molecule has 1 N–H and O–H groups in total. The fraction of sp³-hybridized carbons (Fsp3) is 0.125. The molecule has 158 valence electrons. The first-order chi connectivity index (χ1) is 15.1. The number of amides is 1. The SMILES string of the molecule is CCCOc1ccc(C(=O)Oc2ccc(Br)cc2/C=N/NC(=O)c2ccccc2)cc1. The van der Waals surface area contributed by atoms with Gasteiger partial charge >= 0.3 is 5.97 Å². The molecule has 0 aliphatic carbocycles. The Morgan fingerprint density at radius 2 is 1.74 bits per heavy atom. The van der Waals surface area contributed by atoms with Crippen LogP contribution in [0.1, 0.15) is 39.6 Å². The molecule has 0 saturated heterocycles. The van der Waals surface area contributed by atoms with Crippen LogP contribution in [0.4, 0.5) is 0 Å². The maximum absolute atomic E-state index is 12.6. The van der Waals surface area contributed by atoms with E-state index in [2.05, 4.69) is 26.5 Å². The van der Waals surface area contributed by atoms with Gasteiger partial charge in [-0.05, 0) is 61.0 Å². The lowest BCUT2D eigenvalue weighted by Crippen LogP contribution is -2.17. The zero-order valence-corrected chi connectivity index (χ0v) is 18.5. The van der Waals surface area contributed by atoms with Crippen molar-refractivity contribution < 1.29 is 19.1 Å². The van der Waals surface area contributed by atoms with E-state index in [0.29, 0.717) is 34.8 Å². The molecule has 0 heterocycles. The zero-order valence-electron chi connectivity index (χ0n) is 16.9. The molecule has 0 aliphatic heterocycles. The summed E-state index contributed by atoms with van der Waals surface area (Å²) in [7, 11) is 0. The van der Waals surface area contributed by atoms with Crippen LogP contribution in [-0.2, 0) is 0 Å². The lowest BCUT2D eigenvalue weighted by atomic mass is 10.2. The van der Waals surface area contributed by atoms with Gasteiger partial charge in [0.05, 0.1) is 18.4 Å². The molecule has 0 fully saturated rings. The quantitative estimate of drug-likeness (QED) is 0.207. The van der Waals surface area contributed by atoms with Gasteiger partial charge in [0.2, 0.25) is 0 Å². The Labute approximate surface area is 189 Å². The second-order valence-electron chi connectivity index (χ2n) is 6.51. The molecule has 7 heteroatoms. The van der Waals surface area contributed by atoms with Crippen molar-refractivity contribution in [1.82, 2.24) is 5.43 Å². The summed E-state index contributed by atoms with van der Waals surface area (Å²) in [6.45, 7) is 2.64. The smallest absolute Gasteiger partial charge is 0.343 e. The van der Waals surface area contributed by atoms with Crippen LogP contribution >= 0.6 is 15.9 Å². The van der Waals surface area contributed by atoms with Gasteiger partial charge in [-0.25, -0.2) is 10.2 Å². The van der Waals surface area contributed by atoms with Gasteiger partial charge < -0.3 is 9.47 Å². The zero-order chi connectivity index (χ0) is 22.1. The molecule has 31 heavy (non-hydrogen) atoms. The van der Waals surface area contributed by atoms with Gasteiger partial charge in [-0.15, -0.1) is 0 Å². The van der Waals surface area contributed by atoms with Crippen molar-refractivity contribution >= 4 is 34.0 Å². The van der Waals surface area contributed by atoms with Crippen LogP contribution in [0, 0.1) is 0 Å². The summed E-state index contributed by atoms with van der Waals surface area (Å²) in [5, 5.41) is 3.99. The Bertz CT molecular complexity index is 1070. The Balaban J connectivity index is 1.69. The molecule has 0 spiro atoms. The van der Waals surface area contributed by atoms with E-state index in [4.69, 9.17) is 9.47 Å². The molecule has 3 rings (SSSR count). The lowest BCUT2D eigenvalue weighted by Gasteiger charge is -2.09. The molecule has 0 aliphatic rings. The summed E-state index contributed by atoms with van der Waals surface area (Å²) >= 11 is 3.39. The van der Waals surface area contributed by atoms with Crippen LogP contribution in [-0.4, -0.2) is 24.7 Å². The van der Waals surface area contributed by atoms with Gasteiger partial charge in [-0.1, -0.05) is 41.1 Å². The number of rotatable bonds is 8. The largest absolute Gasteiger partial charge is 0.494 e. The summed E-state index contributed by atoms with van der Waals surface area (Å²) < 4.78 is 11.9. The first-order valence-corrected chi connectivity index (χ1v) is 10.5.